The van der Waals surface area contributed by atoms with E-state index in [9.17, 15) is 9.90 Å². The summed E-state index contributed by atoms with van der Waals surface area (Å²) in [6.45, 7) is 1.83. The number of aromatic nitrogens is 3. The fourth-order valence-corrected chi connectivity index (χ4v) is 2.27. The van der Waals surface area contributed by atoms with Crippen molar-refractivity contribution in [3.05, 3.63) is 23.2 Å². The Labute approximate surface area is 101 Å². The number of rotatable bonds is 4. The number of nitrogens with zero attached hydrogens (tertiary/aromatic N) is 3. The fourth-order valence-electron chi connectivity index (χ4n) is 1.49. The number of hydrogen-bond acceptors (Lipinski definition) is 5. The van der Waals surface area contributed by atoms with Crippen LogP contribution in [-0.2, 0) is 6.54 Å². The van der Waals surface area contributed by atoms with Gasteiger partial charge < -0.3 is 10.2 Å². The number of aliphatic hydroxyl groups excluding tert-OH is 1. The Morgan fingerprint density at radius 2 is 2.41 bits per heavy atom. The second kappa shape index (κ2) is 4.64. The van der Waals surface area contributed by atoms with Gasteiger partial charge in [-0.3, -0.25) is 0 Å². The quantitative estimate of drug-likeness (QED) is 0.851. The van der Waals surface area contributed by atoms with Crippen LogP contribution in [0.3, 0.4) is 0 Å². The molecule has 0 saturated heterocycles. The van der Waals surface area contributed by atoms with Crippen LogP contribution in [0.15, 0.2) is 17.5 Å². The van der Waals surface area contributed by atoms with Crippen LogP contribution in [0.5, 0.6) is 0 Å². The van der Waals surface area contributed by atoms with Crippen molar-refractivity contribution in [1.82, 2.24) is 15.0 Å². The predicted molar refractivity (Wildman–Crippen MR) is 62.0 cm³/mol. The molecule has 0 aliphatic carbocycles. The average molecular weight is 253 g/mol. The van der Waals surface area contributed by atoms with Crippen molar-refractivity contribution in [1.29, 1.82) is 0 Å². The van der Waals surface area contributed by atoms with Crippen molar-refractivity contribution in [2.24, 2.45) is 0 Å². The SMILES string of the molecule is CC(O)Cn1nnc(C(=O)O)c1-c1cccs1. The molecule has 0 saturated carbocycles. The van der Waals surface area contributed by atoms with Gasteiger partial charge in [-0.15, -0.1) is 16.4 Å². The molecule has 17 heavy (non-hydrogen) atoms. The highest BCUT2D eigenvalue weighted by molar-refractivity contribution is 7.13. The lowest BCUT2D eigenvalue weighted by Gasteiger charge is -2.07. The van der Waals surface area contributed by atoms with Crippen molar-refractivity contribution < 1.29 is 15.0 Å². The third-order valence-electron chi connectivity index (χ3n) is 2.13. The van der Waals surface area contributed by atoms with Gasteiger partial charge in [0.05, 0.1) is 17.5 Å². The number of aromatic carboxylic acids is 1. The summed E-state index contributed by atoms with van der Waals surface area (Å²) in [7, 11) is 0. The second-order valence-electron chi connectivity index (χ2n) is 3.60. The van der Waals surface area contributed by atoms with Crippen LogP contribution in [0.1, 0.15) is 17.4 Å². The largest absolute Gasteiger partial charge is 0.476 e. The van der Waals surface area contributed by atoms with E-state index in [0.717, 1.165) is 4.88 Å². The van der Waals surface area contributed by atoms with E-state index >= 15 is 0 Å². The Balaban J connectivity index is 2.51. The minimum atomic E-state index is -1.12. The molecule has 2 aromatic rings. The summed E-state index contributed by atoms with van der Waals surface area (Å²) in [5.74, 6) is -1.12. The topological polar surface area (TPSA) is 88.2 Å². The van der Waals surface area contributed by atoms with Gasteiger partial charge in [0.2, 0.25) is 0 Å². The van der Waals surface area contributed by atoms with E-state index in [1.165, 1.54) is 16.0 Å². The summed E-state index contributed by atoms with van der Waals surface area (Å²) in [6, 6.07) is 3.62. The highest BCUT2D eigenvalue weighted by Crippen LogP contribution is 2.27. The average Bonchev–Trinajstić information content (AvgIpc) is 2.83. The normalized spacial score (nSPS) is 12.6. The zero-order chi connectivity index (χ0) is 12.4. The predicted octanol–water partition coefficient (Wildman–Crippen LogP) is 1.09. The molecule has 7 heteroatoms. The third kappa shape index (κ3) is 2.34. The van der Waals surface area contributed by atoms with E-state index < -0.39 is 12.1 Å². The van der Waals surface area contributed by atoms with Gasteiger partial charge >= 0.3 is 5.97 Å². The fraction of sp³-hybridized carbons (Fsp3) is 0.300. The molecule has 0 bridgehead atoms. The monoisotopic (exact) mass is 253 g/mol. The molecule has 2 N–H and O–H groups in total. The Hall–Kier alpha value is -1.73. The Kier molecular flexibility index (Phi) is 3.21. The van der Waals surface area contributed by atoms with E-state index in [2.05, 4.69) is 10.3 Å². The summed E-state index contributed by atoms with van der Waals surface area (Å²) >= 11 is 1.41. The smallest absolute Gasteiger partial charge is 0.358 e. The lowest BCUT2D eigenvalue weighted by molar-refractivity contribution is 0.0691. The number of carboxylic acids is 1. The molecule has 0 spiro atoms. The van der Waals surface area contributed by atoms with Crippen molar-refractivity contribution >= 4 is 17.3 Å². The lowest BCUT2D eigenvalue weighted by atomic mass is 10.2. The summed E-state index contributed by atoms with van der Waals surface area (Å²) in [4.78, 5) is 11.8. The molecule has 6 nitrogen and oxygen atoms in total. The van der Waals surface area contributed by atoms with Crippen LogP contribution in [0, 0.1) is 0 Å². The van der Waals surface area contributed by atoms with Crippen molar-refractivity contribution in [2.75, 3.05) is 0 Å². The Morgan fingerprint density at radius 1 is 1.65 bits per heavy atom. The maximum Gasteiger partial charge on any atom is 0.358 e. The number of aliphatic hydroxyl groups is 1. The number of carboxylic acid groups (broad SMARTS) is 1. The summed E-state index contributed by atoms with van der Waals surface area (Å²) in [5.41, 5.74) is 0.349. The summed E-state index contributed by atoms with van der Waals surface area (Å²) < 4.78 is 1.42. The van der Waals surface area contributed by atoms with Crippen LogP contribution in [-0.4, -0.2) is 37.3 Å². The minimum Gasteiger partial charge on any atom is -0.476 e. The Bertz CT molecular complexity index is 519. The van der Waals surface area contributed by atoms with Crippen LogP contribution in [0.4, 0.5) is 0 Å². The third-order valence-corrected chi connectivity index (χ3v) is 3.01. The molecule has 0 aliphatic heterocycles. The summed E-state index contributed by atoms with van der Waals surface area (Å²) in [6.07, 6.45) is -0.614. The molecule has 0 radical (unpaired) electrons. The molecular weight excluding hydrogens is 242 g/mol. The standard InChI is InChI=1S/C10H11N3O3S/c1-6(14)5-13-9(7-3-2-4-17-7)8(10(15)16)11-12-13/h2-4,6,14H,5H2,1H3,(H,15,16). The van der Waals surface area contributed by atoms with E-state index in [1.807, 2.05) is 11.4 Å². The number of hydrogen-bond donors (Lipinski definition) is 2. The molecule has 2 heterocycles. The molecule has 0 amide bonds. The van der Waals surface area contributed by atoms with Gasteiger partial charge in [-0.05, 0) is 18.4 Å². The van der Waals surface area contributed by atoms with E-state index in [1.54, 1.807) is 13.0 Å². The van der Waals surface area contributed by atoms with Crippen molar-refractivity contribution in [2.45, 2.75) is 19.6 Å². The second-order valence-corrected chi connectivity index (χ2v) is 4.55. The van der Waals surface area contributed by atoms with E-state index in [0.29, 0.717) is 5.69 Å². The van der Waals surface area contributed by atoms with E-state index in [4.69, 9.17) is 5.11 Å². The van der Waals surface area contributed by atoms with Crippen LogP contribution in [0.2, 0.25) is 0 Å². The van der Waals surface area contributed by atoms with E-state index in [-0.39, 0.29) is 12.2 Å². The van der Waals surface area contributed by atoms with Gasteiger partial charge in [0.1, 0.15) is 5.69 Å². The maximum absolute atomic E-state index is 11.0. The van der Waals surface area contributed by atoms with Gasteiger partial charge in [-0.25, -0.2) is 9.48 Å². The van der Waals surface area contributed by atoms with Gasteiger partial charge in [0, 0.05) is 0 Å². The lowest BCUT2D eigenvalue weighted by Crippen LogP contribution is -2.14. The highest BCUT2D eigenvalue weighted by Gasteiger charge is 2.21. The number of thiophene rings is 1. The van der Waals surface area contributed by atoms with Gasteiger partial charge in [0.15, 0.2) is 5.69 Å². The highest BCUT2D eigenvalue weighted by atomic mass is 32.1. The van der Waals surface area contributed by atoms with Crippen molar-refractivity contribution in [3.8, 4) is 10.6 Å². The molecule has 0 fully saturated rings. The molecule has 1 atom stereocenters. The number of carbonyl (C=O) groups is 1. The van der Waals surface area contributed by atoms with Gasteiger partial charge in [-0.2, -0.15) is 0 Å². The zero-order valence-corrected chi connectivity index (χ0v) is 9.89. The minimum absolute atomic E-state index is 0.0897. The first-order chi connectivity index (χ1) is 8.09. The van der Waals surface area contributed by atoms with Crippen LogP contribution < -0.4 is 0 Å². The zero-order valence-electron chi connectivity index (χ0n) is 9.07. The van der Waals surface area contributed by atoms with Gasteiger partial charge in [-0.1, -0.05) is 11.3 Å². The first kappa shape index (κ1) is 11.7. The first-order valence-corrected chi connectivity index (χ1v) is 5.86. The molecule has 0 aromatic carbocycles. The van der Waals surface area contributed by atoms with Crippen LogP contribution in [0.25, 0.3) is 10.6 Å². The molecular formula is C10H11N3O3S. The molecule has 0 aliphatic rings. The van der Waals surface area contributed by atoms with Gasteiger partial charge in [0.25, 0.3) is 0 Å². The van der Waals surface area contributed by atoms with Crippen LogP contribution >= 0.6 is 11.3 Å². The molecule has 1 unspecified atom stereocenters. The molecule has 2 aromatic heterocycles. The van der Waals surface area contributed by atoms with Crippen molar-refractivity contribution in [3.63, 3.8) is 0 Å². The summed E-state index contributed by atoms with van der Waals surface area (Å²) in [5, 5.41) is 27.6. The molecule has 90 valence electrons. The molecule has 2 rings (SSSR count). The Morgan fingerprint density at radius 3 is 2.94 bits per heavy atom. The maximum atomic E-state index is 11.0. The first-order valence-electron chi connectivity index (χ1n) is 4.98.